The Labute approximate surface area is 193 Å². The van der Waals surface area contributed by atoms with Crippen molar-refractivity contribution in [3.8, 4) is 11.4 Å². The number of ether oxygens (including phenoxy) is 1. The van der Waals surface area contributed by atoms with Crippen LogP contribution in [0.4, 0.5) is 5.82 Å². The molecule has 1 aliphatic heterocycles. The lowest BCUT2D eigenvalue weighted by Crippen LogP contribution is -2.48. The second kappa shape index (κ2) is 8.67. The van der Waals surface area contributed by atoms with Crippen LogP contribution >= 0.6 is 11.6 Å². The number of fused-ring (bicyclic) bond motifs is 1. The third-order valence-electron chi connectivity index (χ3n) is 5.92. The van der Waals surface area contributed by atoms with Crippen molar-refractivity contribution in [3.63, 3.8) is 0 Å². The molecule has 0 unspecified atom stereocenters. The number of amides is 1. The molecule has 9 heteroatoms. The number of nitrogens with zero attached hydrogens (tertiary/aromatic N) is 6. The number of methoxy groups -OCH3 is 1. The molecule has 1 fully saturated rings. The Bertz CT molecular complexity index is 1150. The first-order valence-electron chi connectivity index (χ1n) is 10.8. The Morgan fingerprint density at radius 1 is 1.12 bits per heavy atom. The van der Waals surface area contributed by atoms with Crippen LogP contribution in [0.2, 0.25) is 5.02 Å². The van der Waals surface area contributed by atoms with E-state index in [0.717, 1.165) is 28.4 Å². The molecule has 3 heterocycles. The summed E-state index contributed by atoms with van der Waals surface area (Å²) in [6.45, 7) is 10.8. The maximum atomic E-state index is 11.7. The fourth-order valence-electron chi connectivity index (χ4n) is 3.99. The van der Waals surface area contributed by atoms with Crippen molar-refractivity contribution in [2.24, 2.45) is 0 Å². The minimum absolute atomic E-state index is 0.0979. The van der Waals surface area contributed by atoms with E-state index in [-0.39, 0.29) is 5.91 Å². The number of piperazine rings is 1. The molecule has 0 atom stereocenters. The van der Waals surface area contributed by atoms with Crippen LogP contribution in [-0.2, 0) is 16.1 Å². The van der Waals surface area contributed by atoms with Crippen LogP contribution in [0, 0.1) is 6.92 Å². The number of hydrogen-bond acceptors (Lipinski definition) is 6. The Morgan fingerprint density at radius 3 is 2.44 bits per heavy atom. The quantitative estimate of drug-likeness (QED) is 0.584. The number of aromatic nitrogens is 4. The molecule has 0 N–H and O–H groups in total. The van der Waals surface area contributed by atoms with Crippen molar-refractivity contribution < 1.29 is 9.53 Å². The summed E-state index contributed by atoms with van der Waals surface area (Å²) in [6, 6.07) is 7.68. The molecule has 1 amide bonds. The molecule has 1 aliphatic rings. The Kier molecular flexibility index (Phi) is 6.09. The van der Waals surface area contributed by atoms with E-state index in [2.05, 4.69) is 9.47 Å². The largest absolute Gasteiger partial charge is 0.377 e. The molecule has 4 rings (SSSR count). The maximum absolute atomic E-state index is 11.7. The van der Waals surface area contributed by atoms with Gasteiger partial charge in [-0.25, -0.2) is 15.0 Å². The van der Waals surface area contributed by atoms with Gasteiger partial charge in [-0.15, -0.1) is 0 Å². The van der Waals surface area contributed by atoms with Gasteiger partial charge in [0.15, 0.2) is 17.0 Å². The van der Waals surface area contributed by atoms with Crippen LogP contribution in [0.5, 0.6) is 0 Å². The summed E-state index contributed by atoms with van der Waals surface area (Å²) in [4.78, 5) is 30.3. The minimum atomic E-state index is -0.435. The molecule has 170 valence electrons. The topological polar surface area (TPSA) is 76.4 Å². The van der Waals surface area contributed by atoms with E-state index in [1.807, 2.05) is 49.9 Å². The smallest absolute Gasteiger partial charge is 0.219 e. The highest BCUT2D eigenvalue weighted by atomic mass is 35.5. The molecular weight excluding hydrogens is 428 g/mol. The van der Waals surface area contributed by atoms with Crippen molar-refractivity contribution in [3.05, 3.63) is 35.1 Å². The van der Waals surface area contributed by atoms with Crippen molar-refractivity contribution >= 4 is 34.5 Å². The van der Waals surface area contributed by atoms with E-state index < -0.39 is 5.60 Å². The van der Waals surface area contributed by atoms with Gasteiger partial charge in [-0.3, -0.25) is 4.79 Å². The van der Waals surface area contributed by atoms with Gasteiger partial charge in [-0.2, -0.15) is 0 Å². The van der Waals surface area contributed by atoms with E-state index in [1.165, 1.54) is 0 Å². The van der Waals surface area contributed by atoms with E-state index in [9.17, 15) is 4.79 Å². The van der Waals surface area contributed by atoms with Gasteiger partial charge in [0.1, 0.15) is 11.6 Å². The molecule has 0 radical (unpaired) electrons. The summed E-state index contributed by atoms with van der Waals surface area (Å²) >= 11 is 6.56. The predicted molar refractivity (Wildman–Crippen MR) is 126 cm³/mol. The van der Waals surface area contributed by atoms with E-state index >= 15 is 0 Å². The molecule has 0 aliphatic carbocycles. The first-order chi connectivity index (χ1) is 15.2. The Morgan fingerprint density at radius 2 is 1.81 bits per heavy atom. The number of aryl methyl sites for hydroxylation is 1. The highest BCUT2D eigenvalue weighted by Crippen LogP contribution is 2.34. The molecule has 8 nitrogen and oxygen atoms in total. The van der Waals surface area contributed by atoms with Crippen LogP contribution < -0.4 is 4.90 Å². The molecule has 1 saturated heterocycles. The number of halogens is 1. The lowest BCUT2D eigenvalue weighted by atomic mass is 10.1. The number of rotatable bonds is 5. The van der Waals surface area contributed by atoms with Gasteiger partial charge in [0.2, 0.25) is 5.91 Å². The molecule has 0 saturated carbocycles. The van der Waals surface area contributed by atoms with E-state index in [4.69, 9.17) is 31.3 Å². The van der Waals surface area contributed by atoms with Crippen molar-refractivity contribution in [2.75, 3.05) is 38.2 Å². The first-order valence-corrected chi connectivity index (χ1v) is 11.1. The number of imidazole rings is 1. The van der Waals surface area contributed by atoms with Gasteiger partial charge in [0.25, 0.3) is 0 Å². The van der Waals surface area contributed by atoms with Gasteiger partial charge in [0.05, 0.1) is 17.2 Å². The van der Waals surface area contributed by atoms with Crippen LogP contribution in [0.15, 0.2) is 24.3 Å². The summed E-state index contributed by atoms with van der Waals surface area (Å²) in [5.74, 6) is 2.29. The monoisotopic (exact) mass is 456 g/mol. The van der Waals surface area contributed by atoms with Crippen molar-refractivity contribution in [1.29, 1.82) is 0 Å². The lowest BCUT2D eigenvalue weighted by Gasteiger charge is -2.35. The first kappa shape index (κ1) is 22.5. The average molecular weight is 457 g/mol. The standard InChI is InChI=1S/C23H29ClN6O2/c1-15-25-21(29-12-10-28(11-13-29)16(2)31)19-22(26-15)30(14-23(3,4)32-5)20(27-19)17-8-6-7-9-18(17)24/h6-9H,10-14H2,1-5H3. The third-order valence-corrected chi connectivity index (χ3v) is 6.25. The van der Waals surface area contributed by atoms with Gasteiger partial charge < -0.3 is 19.1 Å². The molecule has 32 heavy (non-hydrogen) atoms. The fourth-order valence-corrected chi connectivity index (χ4v) is 4.21. The maximum Gasteiger partial charge on any atom is 0.219 e. The minimum Gasteiger partial charge on any atom is -0.377 e. The van der Waals surface area contributed by atoms with Crippen molar-refractivity contribution in [1.82, 2.24) is 24.4 Å². The normalized spacial score (nSPS) is 14.9. The van der Waals surface area contributed by atoms with Crippen LogP contribution in [0.3, 0.4) is 0 Å². The number of anilines is 1. The highest BCUT2D eigenvalue weighted by Gasteiger charge is 2.28. The molecule has 0 bridgehead atoms. The zero-order valence-electron chi connectivity index (χ0n) is 19.2. The van der Waals surface area contributed by atoms with Gasteiger partial charge in [0, 0.05) is 45.8 Å². The third kappa shape index (κ3) is 4.29. The zero-order valence-corrected chi connectivity index (χ0v) is 20.0. The van der Waals surface area contributed by atoms with Crippen LogP contribution in [-0.4, -0.2) is 69.2 Å². The summed E-state index contributed by atoms with van der Waals surface area (Å²) in [6.07, 6.45) is 0. The van der Waals surface area contributed by atoms with Crippen molar-refractivity contribution in [2.45, 2.75) is 39.8 Å². The predicted octanol–water partition coefficient (Wildman–Crippen LogP) is 3.55. The summed E-state index contributed by atoms with van der Waals surface area (Å²) in [7, 11) is 1.70. The number of hydrogen-bond donors (Lipinski definition) is 0. The number of carbonyl (C=O) groups is 1. The summed E-state index contributed by atoms with van der Waals surface area (Å²) in [5.41, 5.74) is 1.88. The average Bonchev–Trinajstić information content (AvgIpc) is 3.11. The molecule has 2 aromatic heterocycles. The number of carbonyl (C=O) groups excluding carboxylic acids is 1. The van der Waals surface area contributed by atoms with Gasteiger partial charge >= 0.3 is 0 Å². The lowest BCUT2D eigenvalue weighted by molar-refractivity contribution is -0.129. The molecular formula is C23H29ClN6O2. The Balaban J connectivity index is 1.88. The molecule has 0 spiro atoms. The van der Waals surface area contributed by atoms with E-state index in [1.54, 1.807) is 14.0 Å². The second-order valence-electron chi connectivity index (χ2n) is 8.72. The van der Waals surface area contributed by atoms with E-state index in [0.29, 0.717) is 43.6 Å². The van der Waals surface area contributed by atoms with Gasteiger partial charge in [-0.1, -0.05) is 23.7 Å². The second-order valence-corrected chi connectivity index (χ2v) is 9.13. The van der Waals surface area contributed by atoms with Crippen LogP contribution in [0.25, 0.3) is 22.6 Å². The highest BCUT2D eigenvalue weighted by molar-refractivity contribution is 6.33. The van der Waals surface area contributed by atoms with Crippen LogP contribution in [0.1, 0.15) is 26.6 Å². The molecule has 1 aromatic carbocycles. The molecule has 3 aromatic rings. The summed E-state index contributed by atoms with van der Waals surface area (Å²) in [5, 5.41) is 0.626. The Hall–Kier alpha value is -2.71. The zero-order chi connectivity index (χ0) is 23.0. The SMILES string of the molecule is COC(C)(C)Cn1c(-c2ccccc2Cl)nc2c(N3CCN(C(C)=O)CC3)nc(C)nc21. The fraction of sp³-hybridized carbons (Fsp3) is 0.478. The summed E-state index contributed by atoms with van der Waals surface area (Å²) < 4.78 is 7.79. The van der Waals surface area contributed by atoms with Gasteiger partial charge in [-0.05, 0) is 32.9 Å². The number of benzene rings is 1.